The summed E-state index contributed by atoms with van der Waals surface area (Å²) in [5.74, 6) is -0.720. The quantitative estimate of drug-likeness (QED) is 0.497. The van der Waals surface area contributed by atoms with Crippen molar-refractivity contribution in [3.05, 3.63) is 71.8 Å². The molecule has 4 nitrogen and oxygen atoms in total. The molecule has 0 fully saturated rings. The summed E-state index contributed by atoms with van der Waals surface area (Å²) in [5, 5.41) is 0. The van der Waals surface area contributed by atoms with Gasteiger partial charge in [-0.05, 0) is 43.5 Å². The highest BCUT2D eigenvalue weighted by Crippen LogP contribution is 2.27. The van der Waals surface area contributed by atoms with Crippen LogP contribution in [-0.4, -0.2) is 24.1 Å². The van der Waals surface area contributed by atoms with Gasteiger partial charge in [-0.3, -0.25) is 0 Å². The molecule has 0 spiro atoms. The SMILES string of the molecule is CCCC(OC(=O)c1ccccc1)C(CC)C(CC)OC(=O)c1ccccc1. The molecule has 0 aliphatic carbocycles. The minimum absolute atomic E-state index is 0.0507. The van der Waals surface area contributed by atoms with Gasteiger partial charge in [0.1, 0.15) is 12.2 Å². The van der Waals surface area contributed by atoms with E-state index in [4.69, 9.17) is 9.47 Å². The zero-order valence-electron chi connectivity index (χ0n) is 17.0. The lowest BCUT2D eigenvalue weighted by molar-refractivity contribution is -0.0376. The normalized spacial score (nSPS) is 14.0. The predicted octanol–water partition coefficient (Wildman–Crippen LogP) is 5.67. The van der Waals surface area contributed by atoms with Crippen LogP contribution in [0.25, 0.3) is 0 Å². The van der Waals surface area contributed by atoms with Crippen LogP contribution in [0.3, 0.4) is 0 Å². The highest BCUT2D eigenvalue weighted by Gasteiger charge is 2.32. The lowest BCUT2D eigenvalue weighted by Crippen LogP contribution is -2.37. The van der Waals surface area contributed by atoms with E-state index >= 15 is 0 Å². The molecule has 0 saturated carbocycles. The van der Waals surface area contributed by atoms with E-state index < -0.39 is 0 Å². The highest BCUT2D eigenvalue weighted by atomic mass is 16.6. The standard InChI is InChI=1S/C24H30O4/c1-4-13-22(28-24(26)19-16-11-8-12-17-19)20(5-2)21(6-3)27-23(25)18-14-9-7-10-15-18/h7-12,14-17,20-22H,4-6,13H2,1-3H3. The predicted molar refractivity (Wildman–Crippen MR) is 110 cm³/mol. The Morgan fingerprint density at radius 2 is 1.18 bits per heavy atom. The Labute approximate surface area is 167 Å². The van der Waals surface area contributed by atoms with Crippen LogP contribution < -0.4 is 0 Å². The maximum Gasteiger partial charge on any atom is 0.338 e. The average molecular weight is 383 g/mol. The smallest absolute Gasteiger partial charge is 0.338 e. The van der Waals surface area contributed by atoms with Gasteiger partial charge in [0.05, 0.1) is 11.1 Å². The van der Waals surface area contributed by atoms with E-state index in [1.165, 1.54) is 0 Å². The molecule has 0 amide bonds. The van der Waals surface area contributed by atoms with Crippen LogP contribution in [0.15, 0.2) is 60.7 Å². The number of rotatable bonds is 10. The molecule has 2 rings (SSSR count). The van der Waals surface area contributed by atoms with Crippen LogP contribution in [0, 0.1) is 5.92 Å². The Bertz CT molecular complexity index is 727. The van der Waals surface area contributed by atoms with E-state index in [0.717, 1.165) is 19.3 Å². The molecule has 28 heavy (non-hydrogen) atoms. The van der Waals surface area contributed by atoms with Crippen LogP contribution in [0.2, 0.25) is 0 Å². The van der Waals surface area contributed by atoms with Gasteiger partial charge in [-0.25, -0.2) is 9.59 Å². The Balaban J connectivity index is 2.13. The summed E-state index contributed by atoms with van der Waals surface area (Å²) in [6.45, 7) is 6.10. The molecule has 3 atom stereocenters. The fourth-order valence-electron chi connectivity index (χ4n) is 3.44. The van der Waals surface area contributed by atoms with Crippen LogP contribution in [0.4, 0.5) is 0 Å². The summed E-state index contributed by atoms with van der Waals surface area (Å²) < 4.78 is 11.7. The lowest BCUT2D eigenvalue weighted by Gasteiger charge is -2.32. The molecule has 2 aromatic carbocycles. The second kappa shape index (κ2) is 11.3. The first-order valence-corrected chi connectivity index (χ1v) is 10.1. The largest absolute Gasteiger partial charge is 0.458 e. The molecule has 0 saturated heterocycles. The molecule has 0 bridgehead atoms. The van der Waals surface area contributed by atoms with Gasteiger partial charge in [0, 0.05) is 5.92 Å². The molecule has 3 unspecified atom stereocenters. The highest BCUT2D eigenvalue weighted by molar-refractivity contribution is 5.90. The van der Waals surface area contributed by atoms with E-state index in [0.29, 0.717) is 17.5 Å². The number of carbonyl (C=O) groups is 2. The lowest BCUT2D eigenvalue weighted by atomic mass is 9.88. The van der Waals surface area contributed by atoms with Crippen LogP contribution in [-0.2, 0) is 9.47 Å². The van der Waals surface area contributed by atoms with Gasteiger partial charge in [-0.15, -0.1) is 0 Å². The summed E-state index contributed by atoms with van der Waals surface area (Å²) >= 11 is 0. The number of carbonyl (C=O) groups excluding carboxylic acids is 2. The van der Waals surface area contributed by atoms with Crippen molar-refractivity contribution in [1.82, 2.24) is 0 Å². The number of benzene rings is 2. The summed E-state index contributed by atoms with van der Waals surface area (Å²) in [5.41, 5.74) is 1.07. The molecular weight excluding hydrogens is 352 g/mol. The van der Waals surface area contributed by atoms with Gasteiger partial charge in [0.2, 0.25) is 0 Å². The third-order valence-corrected chi connectivity index (χ3v) is 4.94. The van der Waals surface area contributed by atoms with Crippen molar-refractivity contribution in [2.24, 2.45) is 5.92 Å². The zero-order valence-corrected chi connectivity index (χ0v) is 17.0. The molecule has 0 radical (unpaired) electrons. The second-order valence-electron chi connectivity index (χ2n) is 6.89. The first-order chi connectivity index (χ1) is 13.6. The van der Waals surface area contributed by atoms with Crippen LogP contribution >= 0.6 is 0 Å². The maximum absolute atomic E-state index is 12.6. The van der Waals surface area contributed by atoms with Crippen LogP contribution in [0.1, 0.15) is 67.2 Å². The minimum atomic E-state index is -0.337. The fourth-order valence-corrected chi connectivity index (χ4v) is 3.44. The van der Waals surface area contributed by atoms with Crippen molar-refractivity contribution >= 4 is 11.9 Å². The Morgan fingerprint density at radius 1 is 0.714 bits per heavy atom. The summed E-state index contributed by atoms with van der Waals surface area (Å²) in [6, 6.07) is 18.0. The second-order valence-corrected chi connectivity index (χ2v) is 6.89. The Hall–Kier alpha value is -2.62. The van der Waals surface area contributed by atoms with Crippen molar-refractivity contribution in [2.45, 2.75) is 58.7 Å². The summed E-state index contributed by atoms with van der Waals surface area (Å²) in [7, 11) is 0. The topological polar surface area (TPSA) is 52.6 Å². The third kappa shape index (κ3) is 5.95. The van der Waals surface area contributed by atoms with E-state index in [2.05, 4.69) is 6.92 Å². The van der Waals surface area contributed by atoms with Crippen LogP contribution in [0.5, 0.6) is 0 Å². The number of hydrogen-bond donors (Lipinski definition) is 0. The van der Waals surface area contributed by atoms with E-state index in [9.17, 15) is 9.59 Å². The molecule has 0 aromatic heterocycles. The van der Waals surface area contributed by atoms with Gasteiger partial charge >= 0.3 is 11.9 Å². The first-order valence-electron chi connectivity index (χ1n) is 10.1. The van der Waals surface area contributed by atoms with Crippen molar-refractivity contribution in [3.63, 3.8) is 0 Å². The van der Waals surface area contributed by atoms with E-state index in [1.54, 1.807) is 24.3 Å². The molecule has 0 aliphatic rings. The third-order valence-electron chi connectivity index (χ3n) is 4.94. The van der Waals surface area contributed by atoms with E-state index in [-0.39, 0.29) is 30.1 Å². The number of ether oxygens (including phenoxy) is 2. The molecular formula is C24H30O4. The fraction of sp³-hybridized carbons (Fsp3) is 0.417. The summed E-state index contributed by atoms with van der Waals surface area (Å²) in [4.78, 5) is 25.1. The molecule has 2 aromatic rings. The van der Waals surface area contributed by atoms with Gasteiger partial charge in [-0.2, -0.15) is 0 Å². The molecule has 150 valence electrons. The first kappa shape index (κ1) is 21.7. The average Bonchev–Trinajstić information content (AvgIpc) is 2.74. The maximum atomic E-state index is 12.6. The van der Waals surface area contributed by atoms with Gasteiger partial charge in [0.25, 0.3) is 0 Å². The number of hydrogen-bond acceptors (Lipinski definition) is 4. The molecule has 0 heterocycles. The monoisotopic (exact) mass is 382 g/mol. The van der Waals surface area contributed by atoms with Crippen molar-refractivity contribution < 1.29 is 19.1 Å². The molecule has 4 heteroatoms. The van der Waals surface area contributed by atoms with Gasteiger partial charge in [0.15, 0.2) is 0 Å². The van der Waals surface area contributed by atoms with Crippen molar-refractivity contribution in [2.75, 3.05) is 0 Å². The van der Waals surface area contributed by atoms with E-state index in [1.807, 2.05) is 50.2 Å². The van der Waals surface area contributed by atoms with Gasteiger partial charge in [-0.1, -0.05) is 63.6 Å². The molecule has 0 aliphatic heterocycles. The number of esters is 2. The van der Waals surface area contributed by atoms with Crippen molar-refractivity contribution in [1.29, 1.82) is 0 Å². The molecule has 0 N–H and O–H groups in total. The van der Waals surface area contributed by atoms with Gasteiger partial charge < -0.3 is 9.47 Å². The Morgan fingerprint density at radius 3 is 1.57 bits per heavy atom. The Kier molecular flexibility index (Phi) is 8.73. The summed E-state index contributed by atoms with van der Waals surface area (Å²) in [6.07, 6.45) is 2.44. The minimum Gasteiger partial charge on any atom is -0.458 e. The van der Waals surface area contributed by atoms with Crippen molar-refractivity contribution in [3.8, 4) is 0 Å². The zero-order chi connectivity index (χ0) is 20.4.